The van der Waals surface area contributed by atoms with Crippen LogP contribution in [0.4, 0.5) is 0 Å². The van der Waals surface area contributed by atoms with Gasteiger partial charge in [0, 0.05) is 24.3 Å². The number of carbonyl (C=O) groups excluding carboxylic acids is 3. The molecule has 1 heterocycles. The van der Waals surface area contributed by atoms with E-state index in [1.54, 1.807) is 0 Å². The SMILES string of the molecule is CC1(C)CC(NC(=O)[C@@]23CC[C@@](C)(C(=O)C2=O)C3(C)C)CC(C)(C)[NH2+]1. The van der Waals surface area contributed by atoms with E-state index in [0.717, 1.165) is 12.8 Å². The van der Waals surface area contributed by atoms with Crippen molar-refractivity contribution in [2.24, 2.45) is 16.2 Å². The molecule has 5 nitrogen and oxygen atoms in total. The first-order valence-electron chi connectivity index (χ1n) is 9.46. The van der Waals surface area contributed by atoms with E-state index in [2.05, 4.69) is 38.3 Å². The second-order valence-electron chi connectivity index (χ2n) is 10.7. The van der Waals surface area contributed by atoms with Crippen LogP contribution in [0, 0.1) is 16.2 Å². The molecule has 3 rings (SSSR count). The smallest absolute Gasteiger partial charge is 0.235 e. The Bertz CT molecular complexity index is 648. The van der Waals surface area contributed by atoms with E-state index in [0.29, 0.717) is 12.8 Å². The molecule has 3 aliphatic rings. The third-order valence-electron chi connectivity index (χ3n) is 7.59. The number of amides is 1. The molecule has 0 unspecified atom stereocenters. The van der Waals surface area contributed by atoms with Gasteiger partial charge >= 0.3 is 0 Å². The highest BCUT2D eigenvalue weighted by Gasteiger charge is 2.77. The molecule has 1 saturated heterocycles. The van der Waals surface area contributed by atoms with E-state index in [-0.39, 0.29) is 28.8 Å². The van der Waals surface area contributed by atoms with Crippen molar-refractivity contribution in [2.75, 3.05) is 0 Å². The van der Waals surface area contributed by atoms with Crippen molar-refractivity contribution < 1.29 is 19.7 Å². The van der Waals surface area contributed by atoms with Gasteiger partial charge in [-0.05, 0) is 46.0 Å². The Morgan fingerprint density at radius 1 is 0.920 bits per heavy atom. The Balaban J connectivity index is 1.89. The second kappa shape index (κ2) is 4.93. The van der Waals surface area contributed by atoms with Gasteiger partial charge in [0.05, 0.1) is 11.1 Å². The minimum absolute atomic E-state index is 0.0306. The highest BCUT2D eigenvalue weighted by atomic mass is 16.2. The molecule has 2 atom stereocenters. The van der Waals surface area contributed by atoms with Crippen LogP contribution in [0.25, 0.3) is 0 Å². The number of nitrogens with one attached hydrogen (secondary N) is 1. The number of Topliss-reactive ketones (excluding diaryl/α,β-unsaturated/α-hetero) is 2. The molecular formula is C20H33N2O3+. The van der Waals surface area contributed by atoms with Gasteiger partial charge in [-0.1, -0.05) is 20.8 Å². The van der Waals surface area contributed by atoms with Gasteiger partial charge in [-0.2, -0.15) is 0 Å². The fourth-order valence-corrected chi connectivity index (χ4v) is 6.20. The van der Waals surface area contributed by atoms with Gasteiger partial charge in [-0.15, -0.1) is 0 Å². The summed E-state index contributed by atoms with van der Waals surface area (Å²) >= 11 is 0. The zero-order chi connectivity index (χ0) is 19.1. The molecule has 0 spiro atoms. The molecule has 5 heteroatoms. The second-order valence-corrected chi connectivity index (χ2v) is 10.7. The Morgan fingerprint density at radius 3 is 1.88 bits per heavy atom. The van der Waals surface area contributed by atoms with Gasteiger partial charge in [-0.25, -0.2) is 0 Å². The zero-order valence-corrected chi connectivity index (χ0v) is 16.7. The summed E-state index contributed by atoms with van der Waals surface area (Å²) in [6.45, 7) is 14.4. The van der Waals surface area contributed by atoms with Crippen LogP contribution in [-0.2, 0) is 14.4 Å². The lowest BCUT2D eigenvalue weighted by Crippen LogP contribution is -3.06. The molecule has 2 saturated carbocycles. The van der Waals surface area contributed by atoms with Crippen LogP contribution in [0.5, 0.6) is 0 Å². The zero-order valence-electron chi connectivity index (χ0n) is 16.7. The highest BCUT2D eigenvalue weighted by molar-refractivity contribution is 6.48. The van der Waals surface area contributed by atoms with Crippen LogP contribution in [0.3, 0.4) is 0 Å². The van der Waals surface area contributed by atoms with E-state index in [1.165, 1.54) is 0 Å². The normalized spacial score (nSPS) is 38.8. The maximum absolute atomic E-state index is 13.3. The first kappa shape index (κ1) is 18.6. The van der Waals surface area contributed by atoms with Crippen LogP contribution in [0.2, 0.25) is 0 Å². The first-order valence-corrected chi connectivity index (χ1v) is 9.46. The summed E-state index contributed by atoms with van der Waals surface area (Å²) in [4.78, 5) is 38.7. The van der Waals surface area contributed by atoms with Gasteiger partial charge in [0.15, 0.2) is 0 Å². The van der Waals surface area contributed by atoms with Crippen molar-refractivity contribution in [3.63, 3.8) is 0 Å². The molecule has 0 aromatic rings. The summed E-state index contributed by atoms with van der Waals surface area (Å²) < 4.78 is 0. The molecule has 140 valence electrons. The van der Waals surface area contributed by atoms with Crippen molar-refractivity contribution in [3.8, 4) is 0 Å². The van der Waals surface area contributed by atoms with E-state index in [4.69, 9.17) is 0 Å². The fraction of sp³-hybridized carbons (Fsp3) is 0.850. The summed E-state index contributed by atoms with van der Waals surface area (Å²) in [5, 5.41) is 5.55. The number of rotatable bonds is 2. The van der Waals surface area contributed by atoms with Crippen molar-refractivity contribution in [2.45, 2.75) is 91.3 Å². The molecule has 2 bridgehead atoms. The van der Waals surface area contributed by atoms with E-state index < -0.39 is 22.0 Å². The molecule has 0 aromatic carbocycles. The Morgan fingerprint density at radius 2 is 1.44 bits per heavy atom. The number of quaternary nitrogens is 1. The average Bonchev–Trinajstić information content (AvgIpc) is 2.67. The molecular weight excluding hydrogens is 316 g/mol. The van der Waals surface area contributed by atoms with Gasteiger partial charge in [-0.3, -0.25) is 14.4 Å². The number of nitrogens with two attached hydrogens (primary N) is 1. The minimum Gasteiger partial charge on any atom is -0.352 e. The topological polar surface area (TPSA) is 79.8 Å². The standard InChI is InChI=1S/C20H32N2O3/c1-16(2)10-12(11-17(3,4)22-16)21-15(25)20-9-8-19(7,18(20,5)6)13(23)14(20)24/h12,22H,8-11H2,1-7H3,(H,21,25)/p+1/t19-,20+/m0/s1. The Kier molecular flexibility index (Phi) is 3.66. The predicted molar refractivity (Wildman–Crippen MR) is 94.8 cm³/mol. The Labute approximate surface area is 150 Å². The van der Waals surface area contributed by atoms with Crippen LogP contribution < -0.4 is 10.6 Å². The molecule has 0 radical (unpaired) electrons. The van der Waals surface area contributed by atoms with Gasteiger partial charge < -0.3 is 10.6 Å². The lowest BCUT2D eigenvalue weighted by Gasteiger charge is -2.44. The first-order chi connectivity index (χ1) is 11.2. The summed E-state index contributed by atoms with van der Waals surface area (Å²) in [6.07, 6.45) is 2.82. The van der Waals surface area contributed by atoms with E-state index >= 15 is 0 Å². The van der Waals surface area contributed by atoms with Crippen LogP contribution in [-0.4, -0.2) is 34.6 Å². The molecule has 3 fully saturated rings. The number of hydrogen-bond donors (Lipinski definition) is 2. The Hall–Kier alpha value is -1.23. The van der Waals surface area contributed by atoms with Crippen molar-refractivity contribution in [1.29, 1.82) is 0 Å². The minimum atomic E-state index is -1.19. The van der Waals surface area contributed by atoms with Crippen molar-refractivity contribution >= 4 is 17.5 Å². The average molecular weight is 349 g/mol. The summed E-state index contributed by atoms with van der Waals surface area (Å²) in [5.74, 6) is -1.04. The van der Waals surface area contributed by atoms with Crippen molar-refractivity contribution in [1.82, 2.24) is 5.32 Å². The van der Waals surface area contributed by atoms with Gasteiger partial charge in [0.25, 0.3) is 0 Å². The van der Waals surface area contributed by atoms with Gasteiger partial charge in [0.1, 0.15) is 5.41 Å². The van der Waals surface area contributed by atoms with Crippen LogP contribution in [0.15, 0.2) is 0 Å². The van der Waals surface area contributed by atoms with Crippen LogP contribution >= 0.6 is 0 Å². The highest BCUT2D eigenvalue weighted by Crippen LogP contribution is 2.69. The maximum Gasteiger partial charge on any atom is 0.235 e. The number of hydrogen-bond acceptors (Lipinski definition) is 3. The predicted octanol–water partition coefficient (Wildman–Crippen LogP) is 1.35. The fourth-order valence-electron chi connectivity index (χ4n) is 6.20. The number of ketones is 2. The van der Waals surface area contributed by atoms with E-state index in [9.17, 15) is 14.4 Å². The monoisotopic (exact) mass is 349 g/mol. The molecule has 2 aliphatic carbocycles. The largest absolute Gasteiger partial charge is 0.352 e. The summed E-state index contributed by atoms with van der Waals surface area (Å²) in [7, 11) is 0. The quantitative estimate of drug-likeness (QED) is 0.583. The maximum atomic E-state index is 13.3. The third-order valence-corrected chi connectivity index (χ3v) is 7.59. The number of piperidine rings is 1. The molecule has 1 aliphatic heterocycles. The molecule has 1 amide bonds. The summed E-state index contributed by atoms with van der Waals surface area (Å²) in [6, 6.07) is 0.0306. The molecule has 25 heavy (non-hydrogen) atoms. The van der Waals surface area contributed by atoms with Crippen LogP contribution in [0.1, 0.15) is 74.1 Å². The third kappa shape index (κ3) is 2.27. The lowest BCUT2D eigenvalue weighted by molar-refractivity contribution is -0.788. The molecule has 0 aromatic heterocycles. The molecule has 3 N–H and O–H groups in total. The number of carbonyl (C=O) groups is 3. The summed E-state index contributed by atoms with van der Waals surface area (Å²) in [5.41, 5.74) is -2.46. The van der Waals surface area contributed by atoms with E-state index in [1.807, 2.05) is 20.8 Å². The van der Waals surface area contributed by atoms with Gasteiger partial charge in [0.2, 0.25) is 17.5 Å². The number of fused-ring (bicyclic) bond motifs is 2. The van der Waals surface area contributed by atoms with Crippen molar-refractivity contribution in [3.05, 3.63) is 0 Å². The lowest BCUT2D eigenvalue weighted by atomic mass is 9.64.